The molecule has 98 valence electrons. The van der Waals surface area contributed by atoms with Crippen LogP contribution in [-0.2, 0) is 17.9 Å². The van der Waals surface area contributed by atoms with Gasteiger partial charge in [-0.3, -0.25) is 4.90 Å². The fourth-order valence-corrected chi connectivity index (χ4v) is 3.15. The Bertz CT molecular complexity index is 375. The summed E-state index contributed by atoms with van der Waals surface area (Å²) >= 11 is 0. The molecule has 0 aromatic heterocycles. The van der Waals surface area contributed by atoms with Crippen LogP contribution in [0, 0.1) is 11.8 Å². The van der Waals surface area contributed by atoms with Crippen molar-refractivity contribution in [3.05, 3.63) is 35.4 Å². The maximum Gasteiger partial charge on any atom is 0.0713 e. The third-order valence-corrected chi connectivity index (χ3v) is 4.44. The zero-order valence-corrected chi connectivity index (χ0v) is 11.3. The van der Waals surface area contributed by atoms with Crippen molar-refractivity contribution < 1.29 is 4.74 Å². The molecular formula is C16H23NO. The van der Waals surface area contributed by atoms with Crippen molar-refractivity contribution in [2.45, 2.75) is 32.4 Å². The number of nitrogens with zero attached hydrogens (tertiary/aromatic N) is 1. The number of rotatable bonds is 4. The third kappa shape index (κ3) is 2.93. The number of likely N-dealkylation sites (tertiary alicyclic amines) is 1. The van der Waals surface area contributed by atoms with Crippen molar-refractivity contribution >= 4 is 0 Å². The van der Waals surface area contributed by atoms with Gasteiger partial charge >= 0.3 is 0 Å². The predicted molar refractivity (Wildman–Crippen MR) is 73.3 cm³/mol. The molecule has 2 aliphatic rings. The van der Waals surface area contributed by atoms with Gasteiger partial charge in [-0.1, -0.05) is 24.3 Å². The Morgan fingerprint density at radius 1 is 1.06 bits per heavy atom. The van der Waals surface area contributed by atoms with E-state index in [2.05, 4.69) is 29.2 Å². The number of hydrogen-bond acceptors (Lipinski definition) is 2. The molecule has 1 aromatic carbocycles. The molecule has 1 saturated heterocycles. The standard InChI is InChI=1S/C16H23NO/c1-18-12-14-4-2-13(3-5-14)11-17-8-6-15-10-16(15)7-9-17/h2-5,15-16H,6-12H2,1H3. The first kappa shape index (κ1) is 12.2. The molecule has 0 bridgehead atoms. The van der Waals surface area contributed by atoms with E-state index in [1.165, 1.54) is 43.5 Å². The Hall–Kier alpha value is -0.860. The molecule has 0 spiro atoms. The normalized spacial score (nSPS) is 27.6. The van der Waals surface area contributed by atoms with E-state index in [4.69, 9.17) is 4.74 Å². The lowest BCUT2D eigenvalue weighted by molar-refractivity contribution is 0.185. The Labute approximate surface area is 110 Å². The summed E-state index contributed by atoms with van der Waals surface area (Å²) in [6.45, 7) is 4.42. The van der Waals surface area contributed by atoms with Gasteiger partial charge < -0.3 is 4.74 Å². The molecule has 2 heteroatoms. The van der Waals surface area contributed by atoms with E-state index in [1.807, 2.05) is 0 Å². The van der Waals surface area contributed by atoms with Crippen molar-refractivity contribution in [1.82, 2.24) is 4.90 Å². The molecule has 1 saturated carbocycles. The molecule has 0 amide bonds. The fourth-order valence-electron chi connectivity index (χ4n) is 3.15. The molecule has 0 radical (unpaired) electrons. The number of methoxy groups -OCH3 is 1. The van der Waals surface area contributed by atoms with E-state index >= 15 is 0 Å². The SMILES string of the molecule is COCc1ccc(CN2CCC3CC3CC2)cc1. The predicted octanol–water partition coefficient (Wildman–Crippen LogP) is 3.06. The monoisotopic (exact) mass is 245 g/mol. The largest absolute Gasteiger partial charge is 0.380 e. The fraction of sp³-hybridized carbons (Fsp3) is 0.625. The van der Waals surface area contributed by atoms with Crippen molar-refractivity contribution in [3.8, 4) is 0 Å². The highest BCUT2D eigenvalue weighted by atomic mass is 16.5. The molecule has 0 N–H and O–H groups in total. The lowest BCUT2D eigenvalue weighted by atomic mass is 10.1. The van der Waals surface area contributed by atoms with Crippen LogP contribution in [0.2, 0.25) is 0 Å². The maximum absolute atomic E-state index is 5.14. The highest BCUT2D eigenvalue weighted by molar-refractivity contribution is 5.22. The lowest BCUT2D eigenvalue weighted by Gasteiger charge is -2.20. The van der Waals surface area contributed by atoms with E-state index in [-0.39, 0.29) is 0 Å². The molecule has 2 nitrogen and oxygen atoms in total. The molecule has 1 aliphatic heterocycles. The van der Waals surface area contributed by atoms with Crippen LogP contribution in [0.3, 0.4) is 0 Å². The topological polar surface area (TPSA) is 12.5 Å². The van der Waals surface area contributed by atoms with Crippen LogP contribution in [-0.4, -0.2) is 25.1 Å². The van der Waals surface area contributed by atoms with E-state index in [9.17, 15) is 0 Å². The summed E-state index contributed by atoms with van der Waals surface area (Å²) in [4.78, 5) is 2.62. The van der Waals surface area contributed by atoms with Gasteiger partial charge in [0.05, 0.1) is 6.61 Å². The molecule has 2 fully saturated rings. The average molecular weight is 245 g/mol. The summed E-state index contributed by atoms with van der Waals surface area (Å²) in [6, 6.07) is 8.88. The Morgan fingerprint density at radius 3 is 2.28 bits per heavy atom. The number of benzene rings is 1. The molecule has 1 aliphatic carbocycles. The molecule has 1 heterocycles. The first-order chi connectivity index (χ1) is 8.85. The minimum atomic E-state index is 0.716. The first-order valence-electron chi connectivity index (χ1n) is 7.14. The van der Waals surface area contributed by atoms with Crippen LogP contribution < -0.4 is 0 Å². The van der Waals surface area contributed by atoms with Crippen LogP contribution in [0.25, 0.3) is 0 Å². The quantitative estimate of drug-likeness (QED) is 0.808. The molecule has 18 heavy (non-hydrogen) atoms. The minimum absolute atomic E-state index is 0.716. The minimum Gasteiger partial charge on any atom is -0.380 e. The molecule has 3 rings (SSSR count). The first-order valence-corrected chi connectivity index (χ1v) is 7.14. The Kier molecular flexibility index (Phi) is 3.67. The average Bonchev–Trinajstić information content (AvgIpc) is 3.14. The molecule has 1 aromatic rings. The van der Waals surface area contributed by atoms with E-state index in [0.29, 0.717) is 6.61 Å². The third-order valence-electron chi connectivity index (χ3n) is 4.44. The summed E-state index contributed by atoms with van der Waals surface area (Å²) < 4.78 is 5.14. The summed E-state index contributed by atoms with van der Waals surface area (Å²) in [6.07, 6.45) is 4.36. The smallest absolute Gasteiger partial charge is 0.0713 e. The summed E-state index contributed by atoms with van der Waals surface area (Å²) in [5, 5.41) is 0. The Morgan fingerprint density at radius 2 is 1.67 bits per heavy atom. The highest BCUT2D eigenvalue weighted by Crippen LogP contribution is 2.45. The summed E-state index contributed by atoms with van der Waals surface area (Å²) in [5.74, 6) is 2.14. The molecule has 2 unspecified atom stereocenters. The van der Waals surface area contributed by atoms with E-state index in [0.717, 1.165) is 18.4 Å². The molecule has 2 atom stereocenters. The second kappa shape index (κ2) is 5.41. The highest BCUT2D eigenvalue weighted by Gasteiger charge is 2.38. The summed E-state index contributed by atoms with van der Waals surface area (Å²) in [5.41, 5.74) is 2.70. The van der Waals surface area contributed by atoms with Gasteiger partial charge in [-0.15, -0.1) is 0 Å². The maximum atomic E-state index is 5.14. The van der Waals surface area contributed by atoms with Crippen LogP contribution in [0.5, 0.6) is 0 Å². The second-order valence-electron chi connectivity index (χ2n) is 5.86. The van der Waals surface area contributed by atoms with Crippen molar-refractivity contribution in [2.24, 2.45) is 11.8 Å². The van der Waals surface area contributed by atoms with Crippen molar-refractivity contribution in [1.29, 1.82) is 0 Å². The van der Waals surface area contributed by atoms with Crippen molar-refractivity contribution in [3.63, 3.8) is 0 Å². The van der Waals surface area contributed by atoms with Crippen LogP contribution in [0.15, 0.2) is 24.3 Å². The number of ether oxygens (including phenoxy) is 1. The van der Waals surface area contributed by atoms with Gasteiger partial charge in [-0.05, 0) is 55.3 Å². The zero-order valence-electron chi connectivity index (χ0n) is 11.3. The van der Waals surface area contributed by atoms with E-state index < -0.39 is 0 Å². The van der Waals surface area contributed by atoms with Gasteiger partial charge in [-0.2, -0.15) is 0 Å². The van der Waals surface area contributed by atoms with Gasteiger partial charge in [0, 0.05) is 13.7 Å². The lowest BCUT2D eigenvalue weighted by Crippen LogP contribution is -2.24. The Balaban J connectivity index is 1.54. The van der Waals surface area contributed by atoms with E-state index in [1.54, 1.807) is 7.11 Å². The molecular weight excluding hydrogens is 222 g/mol. The van der Waals surface area contributed by atoms with Gasteiger partial charge in [0.15, 0.2) is 0 Å². The van der Waals surface area contributed by atoms with Crippen LogP contribution in [0.1, 0.15) is 30.4 Å². The second-order valence-corrected chi connectivity index (χ2v) is 5.86. The zero-order chi connectivity index (χ0) is 12.4. The van der Waals surface area contributed by atoms with Gasteiger partial charge in [0.1, 0.15) is 0 Å². The van der Waals surface area contributed by atoms with Gasteiger partial charge in [0.2, 0.25) is 0 Å². The summed E-state index contributed by atoms with van der Waals surface area (Å²) in [7, 11) is 1.75. The van der Waals surface area contributed by atoms with Crippen molar-refractivity contribution in [2.75, 3.05) is 20.2 Å². The van der Waals surface area contributed by atoms with Gasteiger partial charge in [0.25, 0.3) is 0 Å². The number of hydrogen-bond donors (Lipinski definition) is 0. The van der Waals surface area contributed by atoms with Gasteiger partial charge in [-0.25, -0.2) is 0 Å². The number of fused-ring (bicyclic) bond motifs is 1. The van der Waals surface area contributed by atoms with Crippen LogP contribution >= 0.6 is 0 Å². The van der Waals surface area contributed by atoms with Crippen LogP contribution in [0.4, 0.5) is 0 Å².